The zero-order chi connectivity index (χ0) is 16.7. The molecule has 0 bridgehead atoms. The van der Waals surface area contributed by atoms with Crippen LogP contribution in [0.5, 0.6) is 0 Å². The zero-order valence-electron chi connectivity index (χ0n) is 14.4. The zero-order valence-corrected chi connectivity index (χ0v) is 14.4. The second-order valence-corrected chi connectivity index (χ2v) is 6.47. The van der Waals surface area contributed by atoms with Crippen LogP contribution in [-0.4, -0.2) is 36.2 Å². The van der Waals surface area contributed by atoms with Crippen molar-refractivity contribution in [2.75, 3.05) is 6.54 Å². The van der Waals surface area contributed by atoms with Crippen molar-refractivity contribution < 1.29 is 0 Å². The van der Waals surface area contributed by atoms with Crippen molar-refractivity contribution in [3.05, 3.63) is 26.7 Å². The summed E-state index contributed by atoms with van der Waals surface area (Å²) in [6.45, 7) is 6.70. The summed E-state index contributed by atoms with van der Waals surface area (Å²) in [6, 6.07) is 0.528. The molecule has 1 aliphatic heterocycles. The molecule has 2 aromatic heterocycles. The van der Waals surface area contributed by atoms with Crippen molar-refractivity contribution in [1.29, 1.82) is 0 Å². The molecule has 1 atom stereocenters. The summed E-state index contributed by atoms with van der Waals surface area (Å²) in [5.41, 5.74) is 0.410. The minimum absolute atomic E-state index is 0.268. The first-order valence-electron chi connectivity index (χ1n) is 8.34. The number of likely N-dealkylation sites (tertiary alicyclic amines) is 1. The first-order chi connectivity index (χ1) is 11.0. The molecule has 0 unspecified atom stereocenters. The Morgan fingerprint density at radius 3 is 2.57 bits per heavy atom. The fourth-order valence-electron chi connectivity index (χ4n) is 3.53. The van der Waals surface area contributed by atoms with Crippen molar-refractivity contribution >= 4 is 11.2 Å². The van der Waals surface area contributed by atoms with Gasteiger partial charge < -0.3 is 4.57 Å². The lowest BCUT2D eigenvalue weighted by atomic mass is 10.0. The highest BCUT2D eigenvalue weighted by atomic mass is 16.2. The Kier molecular flexibility index (Phi) is 4.14. The Labute approximate surface area is 135 Å². The van der Waals surface area contributed by atoms with Gasteiger partial charge in [0.2, 0.25) is 0 Å². The highest BCUT2D eigenvalue weighted by Gasteiger charge is 2.23. The molecule has 0 amide bonds. The van der Waals surface area contributed by atoms with E-state index in [1.165, 1.54) is 30.9 Å². The third kappa shape index (κ3) is 2.52. The number of fused-ring (bicyclic) bond motifs is 1. The van der Waals surface area contributed by atoms with E-state index >= 15 is 0 Å². The van der Waals surface area contributed by atoms with Crippen LogP contribution in [0.4, 0.5) is 0 Å². The fraction of sp³-hybridized carbons (Fsp3) is 0.688. The van der Waals surface area contributed by atoms with Crippen LogP contribution in [0.1, 0.15) is 38.9 Å². The molecule has 0 aromatic carbocycles. The molecule has 23 heavy (non-hydrogen) atoms. The van der Waals surface area contributed by atoms with Crippen molar-refractivity contribution in [1.82, 2.24) is 23.6 Å². The minimum atomic E-state index is -0.332. The monoisotopic (exact) mass is 319 g/mol. The molecule has 7 heteroatoms. The van der Waals surface area contributed by atoms with Gasteiger partial charge in [0.05, 0.1) is 6.54 Å². The Balaban J connectivity index is 2.15. The summed E-state index contributed by atoms with van der Waals surface area (Å²) in [5, 5.41) is 0. The van der Waals surface area contributed by atoms with Gasteiger partial charge in [-0.15, -0.1) is 0 Å². The van der Waals surface area contributed by atoms with E-state index in [1.54, 1.807) is 7.05 Å². The number of aryl methyl sites for hydroxylation is 2. The van der Waals surface area contributed by atoms with E-state index in [-0.39, 0.29) is 11.2 Å². The predicted molar refractivity (Wildman–Crippen MR) is 89.6 cm³/mol. The average molecular weight is 319 g/mol. The number of piperidine rings is 1. The first kappa shape index (κ1) is 16.0. The van der Waals surface area contributed by atoms with E-state index in [2.05, 4.69) is 16.8 Å². The van der Waals surface area contributed by atoms with Crippen LogP contribution >= 0.6 is 0 Å². The van der Waals surface area contributed by atoms with Gasteiger partial charge in [-0.2, -0.15) is 0 Å². The Morgan fingerprint density at radius 2 is 1.91 bits per heavy atom. The van der Waals surface area contributed by atoms with Crippen LogP contribution in [0.2, 0.25) is 0 Å². The molecule has 3 rings (SSSR count). The van der Waals surface area contributed by atoms with E-state index in [0.29, 0.717) is 23.8 Å². The van der Waals surface area contributed by atoms with Crippen LogP contribution < -0.4 is 11.2 Å². The summed E-state index contributed by atoms with van der Waals surface area (Å²) in [5.74, 6) is 0.870. The summed E-state index contributed by atoms with van der Waals surface area (Å²) >= 11 is 0. The number of hydrogen-bond acceptors (Lipinski definition) is 4. The van der Waals surface area contributed by atoms with Gasteiger partial charge in [-0.3, -0.25) is 18.8 Å². The summed E-state index contributed by atoms with van der Waals surface area (Å²) in [4.78, 5) is 31.7. The first-order valence-corrected chi connectivity index (χ1v) is 8.34. The van der Waals surface area contributed by atoms with Crippen LogP contribution in [0.15, 0.2) is 9.59 Å². The lowest BCUT2D eigenvalue weighted by Crippen LogP contribution is -2.38. The Hall–Kier alpha value is -1.89. The van der Waals surface area contributed by atoms with Crippen LogP contribution in [-0.2, 0) is 27.2 Å². The summed E-state index contributed by atoms with van der Waals surface area (Å²) in [7, 11) is 3.19. The number of nitrogens with zero attached hydrogens (tertiary/aromatic N) is 5. The highest BCUT2D eigenvalue weighted by molar-refractivity contribution is 5.71. The van der Waals surface area contributed by atoms with Crippen LogP contribution in [0.3, 0.4) is 0 Å². The van der Waals surface area contributed by atoms with Gasteiger partial charge in [0.25, 0.3) is 5.56 Å². The second kappa shape index (κ2) is 5.96. The SMILES string of the molecule is CCn1c(CN2CCCC[C@H]2C)nc2c1c(=O)n(C)c(=O)n2C. The molecule has 0 N–H and O–H groups in total. The van der Waals surface area contributed by atoms with E-state index in [9.17, 15) is 9.59 Å². The number of hydrogen-bond donors (Lipinski definition) is 0. The average Bonchev–Trinajstić information content (AvgIpc) is 2.91. The maximum absolute atomic E-state index is 12.5. The molecule has 126 valence electrons. The quantitative estimate of drug-likeness (QED) is 0.840. The van der Waals surface area contributed by atoms with Crippen LogP contribution in [0.25, 0.3) is 11.2 Å². The Morgan fingerprint density at radius 1 is 1.17 bits per heavy atom. The van der Waals surface area contributed by atoms with E-state index in [1.807, 2.05) is 11.5 Å². The molecule has 0 aliphatic carbocycles. The van der Waals surface area contributed by atoms with Gasteiger partial charge in [0.1, 0.15) is 5.82 Å². The molecular formula is C16H25N5O2. The molecular weight excluding hydrogens is 294 g/mol. The van der Waals surface area contributed by atoms with Gasteiger partial charge >= 0.3 is 5.69 Å². The topological polar surface area (TPSA) is 65.1 Å². The molecule has 3 heterocycles. The van der Waals surface area contributed by atoms with Crippen molar-refractivity contribution in [2.24, 2.45) is 14.1 Å². The smallest absolute Gasteiger partial charge is 0.321 e. The van der Waals surface area contributed by atoms with E-state index in [4.69, 9.17) is 0 Å². The normalized spacial score (nSPS) is 19.6. The van der Waals surface area contributed by atoms with E-state index < -0.39 is 0 Å². The third-order valence-electron chi connectivity index (χ3n) is 5.03. The van der Waals surface area contributed by atoms with Crippen molar-refractivity contribution in [3.63, 3.8) is 0 Å². The van der Waals surface area contributed by atoms with E-state index in [0.717, 1.165) is 23.5 Å². The maximum Gasteiger partial charge on any atom is 0.332 e. The fourth-order valence-corrected chi connectivity index (χ4v) is 3.53. The molecule has 1 saturated heterocycles. The van der Waals surface area contributed by atoms with Gasteiger partial charge in [-0.05, 0) is 33.2 Å². The number of aromatic nitrogens is 4. The van der Waals surface area contributed by atoms with Crippen LogP contribution in [0, 0.1) is 0 Å². The van der Waals surface area contributed by atoms with Gasteiger partial charge in [0, 0.05) is 26.7 Å². The number of imidazole rings is 1. The summed E-state index contributed by atoms with van der Waals surface area (Å²) < 4.78 is 4.58. The number of rotatable bonds is 3. The standard InChI is InChI=1S/C16H25N5O2/c1-5-21-12(10-20-9-7-6-8-11(20)2)17-14-13(21)15(22)19(4)16(23)18(14)3/h11H,5-10H2,1-4H3/t11-/m1/s1. The lowest BCUT2D eigenvalue weighted by molar-refractivity contribution is 0.147. The molecule has 0 radical (unpaired) electrons. The largest absolute Gasteiger partial charge is 0.332 e. The molecule has 0 spiro atoms. The molecule has 2 aromatic rings. The highest BCUT2D eigenvalue weighted by Crippen LogP contribution is 2.20. The minimum Gasteiger partial charge on any atom is -0.321 e. The summed E-state index contributed by atoms with van der Waals surface area (Å²) in [6.07, 6.45) is 3.68. The second-order valence-electron chi connectivity index (χ2n) is 6.47. The van der Waals surface area contributed by atoms with Gasteiger partial charge in [0.15, 0.2) is 11.2 Å². The molecule has 0 saturated carbocycles. The third-order valence-corrected chi connectivity index (χ3v) is 5.03. The molecule has 1 fully saturated rings. The van der Waals surface area contributed by atoms with Gasteiger partial charge in [-0.1, -0.05) is 6.42 Å². The van der Waals surface area contributed by atoms with Gasteiger partial charge in [-0.25, -0.2) is 9.78 Å². The molecule has 7 nitrogen and oxygen atoms in total. The maximum atomic E-state index is 12.5. The van der Waals surface area contributed by atoms with Crippen molar-refractivity contribution in [2.45, 2.75) is 52.2 Å². The lowest BCUT2D eigenvalue weighted by Gasteiger charge is -2.32. The molecule has 1 aliphatic rings. The predicted octanol–water partition coefficient (Wildman–Crippen LogP) is 0.828. The Bertz CT molecular complexity index is 845. The van der Waals surface area contributed by atoms with Crippen molar-refractivity contribution in [3.8, 4) is 0 Å².